The normalized spacial score (nSPS) is 20.4. The number of aryl methyl sites for hydroxylation is 1. The molecule has 0 bridgehead atoms. The minimum absolute atomic E-state index is 0.258. The first kappa shape index (κ1) is 30.3. The molecule has 1 aliphatic carbocycles. The molecule has 1 saturated carbocycles. The molecule has 1 aliphatic rings. The highest BCUT2D eigenvalue weighted by Gasteiger charge is 2.24. The van der Waals surface area contributed by atoms with E-state index >= 15 is 0 Å². The van der Waals surface area contributed by atoms with Gasteiger partial charge in [0.1, 0.15) is 6.67 Å². The van der Waals surface area contributed by atoms with Gasteiger partial charge in [-0.1, -0.05) is 70.4 Å². The SMILES string of the molecule is CCCCC(C)C(C)COC1CCC(c2ccccc2)CC1.Cc1cc(C(F)F)cc(C(F)CF)n1. The number of pyridine rings is 1. The van der Waals surface area contributed by atoms with Crippen molar-refractivity contribution in [2.45, 2.75) is 97.3 Å². The molecule has 3 atom stereocenters. The van der Waals surface area contributed by atoms with E-state index in [-0.39, 0.29) is 17.0 Å². The van der Waals surface area contributed by atoms with Crippen LogP contribution in [0.3, 0.4) is 0 Å². The Morgan fingerprint density at radius 3 is 2.22 bits per heavy atom. The lowest BCUT2D eigenvalue weighted by molar-refractivity contribution is -0.00209. The van der Waals surface area contributed by atoms with Gasteiger partial charge in [-0.2, -0.15) is 0 Å². The second-order valence-corrected chi connectivity index (χ2v) is 10.2. The minimum Gasteiger partial charge on any atom is -0.378 e. The zero-order valence-corrected chi connectivity index (χ0v) is 22.2. The van der Waals surface area contributed by atoms with Crippen LogP contribution in [0.2, 0.25) is 0 Å². The van der Waals surface area contributed by atoms with E-state index in [1.807, 2.05) is 0 Å². The predicted molar refractivity (Wildman–Crippen MR) is 139 cm³/mol. The lowest BCUT2D eigenvalue weighted by Gasteiger charge is -2.30. The van der Waals surface area contributed by atoms with E-state index in [2.05, 4.69) is 56.1 Å². The molecule has 3 unspecified atom stereocenters. The first-order valence-corrected chi connectivity index (χ1v) is 13.4. The molecule has 0 aliphatic heterocycles. The van der Waals surface area contributed by atoms with Crippen LogP contribution in [-0.4, -0.2) is 24.4 Å². The lowest BCUT2D eigenvalue weighted by atomic mass is 9.82. The molecule has 2 nitrogen and oxygen atoms in total. The van der Waals surface area contributed by atoms with Crippen LogP contribution in [0.15, 0.2) is 42.5 Å². The molecule has 1 aromatic carbocycles. The number of nitrogens with zero attached hydrogens (tertiary/aromatic N) is 1. The molecule has 2 aromatic rings. The van der Waals surface area contributed by atoms with Gasteiger partial charge in [0.25, 0.3) is 6.43 Å². The van der Waals surface area contributed by atoms with Crippen molar-refractivity contribution in [3.8, 4) is 0 Å². The van der Waals surface area contributed by atoms with Crippen LogP contribution in [0.4, 0.5) is 17.6 Å². The third kappa shape index (κ3) is 10.2. The Kier molecular flexibility index (Phi) is 13.5. The minimum atomic E-state index is -2.69. The number of rotatable bonds is 11. The van der Waals surface area contributed by atoms with Gasteiger partial charge in [0.15, 0.2) is 6.17 Å². The average molecular weight is 510 g/mol. The summed E-state index contributed by atoms with van der Waals surface area (Å²) in [4.78, 5) is 3.64. The van der Waals surface area contributed by atoms with Crippen molar-refractivity contribution in [2.75, 3.05) is 13.3 Å². The zero-order valence-electron chi connectivity index (χ0n) is 22.2. The second-order valence-electron chi connectivity index (χ2n) is 10.2. The number of benzene rings is 1. The summed E-state index contributed by atoms with van der Waals surface area (Å²) < 4.78 is 55.5. The average Bonchev–Trinajstić information content (AvgIpc) is 2.90. The summed E-state index contributed by atoms with van der Waals surface area (Å²) in [5.74, 6) is 2.24. The van der Waals surface area contributed by atoms with E-state index in [9.17, 15) is 17.6 Å². The molecule has 202 valence electrons. The summed E-state index contributed by atoms with van der Waals surface area (Å²) in [7, 11) is 0. The maximum Gasteiger partial charge on any atom is 0.263 e. The first-order chi connectivity index (χ1) is 17.2. The highest BCUT2D eigenvalue weighted by molar-refractivity contribution is 5.23. The Hall–Kier alpha value is -1.95. The number of aromatic nitrogens is 1. The third-order valence-electron chi connectivity index (χ3n) is 7.23. The van der Waals surface area contributed by atoms with E-state index < -0.39 is 19.3 Å². The predicted octanol–water partition coefficient (Wildman–Crippen LogP) is 9.50. The molecule has 1 aromatic heterocycles. The number of hydrogen-bond donors (Lipinski definition) is 0. The van der Waals surface area contributed by atoms with Crippen molar-refractivity contribution in [3.63, 3.8) is 0 Å². The summed E-state index contributed by atoms with van der Waals surface area (Å²) in [6, 6.07) is 13.0. The van der Waals surface area contributed by atoms with Gasteiger partial charge in [-0.15, -0.1) is 0 Å². The Labute approximate surface area is 214 Å². The molecule has 3 rings (SSSR count). The van der Waals surface area contributed by atoms with Gasteiger partial charge in [0.05, 0.1) is 11.8 Å². The fourth-order valence-corrected chi connectivity index (χ4v) is 4.64. The second kappa shape index (κ2) is 16.0. The quantitative estimate of drug-likeness (QED) is 0.281. The summed E-state index contributed by atoms with van der Waals surface area (Å²) >= 11 is 0. The molecule has 0 spiro atoms. The van der Waals surface area contributed by atoms with Crippen LogP contribution < -0.4 is 0 Å². The van der Waals surface area contributed by atoms with Gasteiger partial charge in [-0.25, -0.2) is 17.6 Å². The van der Waals surface area contributed by atoms with Crippen molar-refractivity contribution in [1.29, 1.82) is 0 Å². The molecule has 6 heteroatoms. The number of alkyl halides is 4. The van der Waals surface area contributed by atoms with Crippen LogP contribution in [-0.2, 0) is 4.74 Å². The van der Waals surface area contributed by atoms with Crippen molar-refractivity contribution < 1.29 is 22.3 Å². The van der Waals surface area contributed by atoms with Gasteiger partial charge in [-0.3, -0.25) is 4.98 Å². The fraction of sp³-hybridized carbons (Fsp3) is 0.633. The number of hydrogen-bond acceptors (Lipinski definition) is 2. The van der Waals surface area contributed by atoms with Crippen LogP contribution in [0.25, 0.3) is 0 Å². The molecule has 0 radical (unpaired) electrons. The summed E-state index contributed by atoms with van der Waals surface area (Å²) in [6.07, 6.45) is 4.93. The topological polar surface area (TPSA) is 22.1 Å². The van der Waals surface area contributed by atoms with E-state index in [0.717, 1.165) is 30.6 Å². The summed E-state index contributed by atoms with van der Waals surface area (Å²) in [5, 5.41) is 0. The van der Waals surface area contributed by atoms with Gasteiger partial charge in [0.2, 0.25) is 0 Å². The zero-order chi connectivity index (χ0) is 26.5. The maximum absolute atomic E-state index is 12.8. The van der Waals surface area contributed by atoms with Crippen LogP contribution in [0, 0.1) is 18.8 Å². The van der Waals surface area contributed by atoms with Gasteiger partial charge < -0.3 is 4.74 Å². The van der Waals surface area contributed by atoms with Crippen LogP contribution >= 0.6 is 0 Å². The van der Waals surface area contributed by atoms with E-state index in [1.165, 1.54) is 57.4 Å². The molecular formula is C30H43F4NO. The van der Waals surface area contributed by atoms with Crippen molar-refractivity contribution >= 4 is 0 Å². The Morgan fingerprint density at radius 2 is 1.64 bits per heavy atom. The van der Waals surface area contributed by atoms with E-state index in [0.29, 0.717) is 12.0 Å². The Balaban J connectivity index is 0.000000281. The molecule has 0 N–H and O–H groups in total. The largest absolute Gasteiger partial charge is 0.378 e. The number of ether oxygens (including phenoxy) is 1. The summed E-state index contributed by atoms with van der Waals surface area (Å²) in [5.41, 5.74) is 1.17. The van der Waals surface area contributed by atoms with E-state index in [4.69, 9.17) is 4.74 Å². The maximum atomic E-state index is 12.8. The van der Waals surface area contributed by atoms with Gasteiger partial charge >= 0.3 is 0 Å². The van der Waals surface area contributed by atoms with Crippen molar-refractivity contribution in [3.05, 3.63) is 65.0 Å². The van der Waals surface area contributed by atoms with Crippen LogP contribution in [0.5, 0.6) is 0 Å². The molecule has 0 amide bonds. The standard InChI is InChI=1S/C21H34O.C9H9F4N/c1-4-5-9-17(2)18(3)16-22-21-14-12-20(13-15-21)19-10-7-6-8-11-19;1-5-2-6(9(12)13)3-8(14-5)7(11)4-10/h6-8,10-11,17-18,20-21H,4-5,9,12-16H2,1-3H3;2-3,7,9H,4H2,1H3. The van der Waals surface area contributed by atoms with Crippen LogP contribution in [0.1, 0.15) is 107 Å². The number of halogens is 4. The highest BCUT2D eigenvalue weighted by atomic mass is 19.3. The molecule has 0 saturated heterocycles. The first-order valence-electron chi connectivity index (χ1n) is 13.4. The van der Waals surface area contributed by atoms with Crippen molar-refractivity contribution in [1.82, 2.24) is 4.98 Å². The molecule has 1 heterocycles. The monoisotopic (exact) mass is 509 g/mol. The van der Waals surface area contributed by atoms with Gasteiger partial charge in [-0.05, 0) is 68.1 Å². The molecule has 1 fully saturated rings. The molecule has 36 heavy (non-hydrogen) atoms. The molecular weight excluding hydrogens is 466 g/mol. The Bertz CT molecular complexity index is 855. The number of unbranched alkanes of at least 4 members (excludes halogenated alkanes) is 1. The van der Waals surface area contributed by atoms with Crippen molar-refractivity contribution in [2.24, 2.45) is 11.8 Å². The van der Waals surface area contributed by atoms with Gasteiger partial charge in [0, 0.05) is 17.9 Å². The Morgan fingerprint density at radius 1 is 0.972 bits per heavy atom. The third-order valence-corrected chi connectivity index (χ3v) is 7.23. The fourth-order valence-electron chi connectivity index (χ4n) is 4.64. The smallest absolute Gasteiger partial charge is 0.263 e. The lowest BCUT2D eigenvalue weighted by Crippen LogP contribution is -2.24. The summed E-state index contributed by atoms with van der Waals surface area (Å²) in [6.45, 7) is 8.18. The van der Waals surface area contributed by atoms with E-state index in [1.54, 1.807) is 0 Å². The highest BCUT2D eigenvalue weighted by Crippen LogP contribution is 2.34.